The summed E-state index contributed by atoms with van der Waals surface area (Å²) in [4.78, 5) is 2.55. The highest BCUT2D eigenvalue weighted by atomic mass is 16.5. The smallest absolute Gasteiger partial charge is 0.0710 e. The summed E-state index contributed by atoms with van der Waals surface area (Å²) in [5.41, 5.74) is 7.26. The molecule has 4 aliphatic carbocycles. The van der Waals surface area contributed by atoms with Gasteiger partial charge in [0.2, 0.25) is 0 Å². The van der Waals surface area contributed by atoms with Gasteiger partial charge in [0.1, 0.15) is 0 Å². The molecule has 114 valence electrons. The van der Waals surface area contributed by atoms with Crippen LogP contribution in [0.2, 0.25) is 0 Å². The zero-order valence-electron chi connectivity index (χ0n) is 12.9. The maximum absolute atomic E-state index is 6.76. The molecule has 4 saturated carbocycles. The molecule has 20 heavy (non-hydrogen) atoms. The maximum atomic E-state index is 6.76. The van der Waals surface area contributed by atoms with Crippen LogP contribution in [0.25, 0.3) is 0 Å². The monoisotopic (exact) mass is 278 g/mol. The molecule has 0 aromatic carbocycles. The summed E-state index contributed by atoms with van der Waals surface area (Å²) >= 11 is 0. The number of hydrogen-bond acceptors (Lipinski definition) is 3. The minimum atomic E-state index is 0.395. The van der Waals surface area contributed by atoms with E-state index in [1.807, 2.05) is 7.11 Å². The molecule has 0 radical (unpaired) electrons. The molecular weight excluding hydrogens is 248 g/mol. The Bertz CT molecular complexity index is 335. The van der Waals surface area contributed by atoms with E-state index in [1.165, 1.54) is 51.5 Å². The lowest BCUT2D eigenvalue weighted by atomic mass is 9.48. The summed E-state index contributed by atoms with van der Waals surface area (Å²) in [5, 5.41) is 0. The van der Waals surface area contributed by atoms with Gasteiger partial charge >= 0.3 is 0 Å². The second-order valence-electron chi connectivity index (χ2n) is 8.29. The normalized spacial score (nSPS) is 48.9. The molecule has 3 heteroatoms. The van der Waals surface area contributed by atoms with Crippen LogP contribution < -0.4 is 5.73 Å². The topological polar surface area (TPSA) is 38.5 Å². The summed E-state index contributed by atoms with van der Waals surface area (Å²) in [5.74, 6) is 3.04. The van der Waals surface area contributed by atoms with Crippen LogP contribution in [-0.4, -0.2) is 43.8 Å². The lowest BCUT2D eigenvalue weighted by Crippen LogP contribution is -2.57. The molecule has 5 fully saturated rings. The third kappa shape index (κ3) is 2.22. The van der Waals surface area contributed by atoms with Gasteiger partial charge in [-0.1, -0.05) is 0 Å². The molecule has 4 bridgehead atoms. The van der Waals surface area contributed by atoms with Gasteiger partial charge in [0.05, 0.1) is 6.10 Å². The largest absolute Gasteiger partial charge is 0.380 e. The van der Waals surface area contributed by atoms with Crippen molar-refractivity contribution in [2.75, 3.05) is 26.7 Å². The molecule has 0 aromatic heterocycles. The molecule has 5 rings (SSSR count). The van der Waals surface area contributed by atoms with E-state index in [-0.39, 0.29) is 0 Å². The zero-order chi connectivity index (χ0) is 13.7. The van der Waals surface area contributed by atoms with Crippen LogP contribution in [-0.2, 0) is 4.74 Å². The molecule has 3 nitrogen and oxygen atoms in total. The Labute approximate surface area is 123 Å². The van der Waals surface area contributed by atoms with Crippen molar-refractivity contribution in [3.05, 3.63) is 0 Å². The molecular formula is C17H30N2O. The number of likely N-dealkylation sites (tertiary alicyclic amines) is 1. The van der Waals surface area contributed by atoms with E-state index in [4.69, 9.17) is 10.5 Å². The van der Waals surface area contributed by atoms with Crippen molar-refractivity contribution in [1.82, 2.24) is 4.90 Å². The average molecular weight is 278 g/mol. The van der Waals surface area contributed by atoms with E-state index in [2.05, 4.69) is 4.90 Å². The SMILES string of the molecule is COC1CCN(CC(N)C23CC4CC(CC(C4)C2)C3)C1. The van der Waals surface area contributed by atoms with Crippen molar-refractivity contribution in [1.29, 1.82) is 0 Å². The van der Waals surface area contributed by atoms with Gasteiger partial charge < -0.3 is 10.5 Å². The quantitative estimate of drug-likeness (QED) is 0.857. The fraction of sp³-hybridized carbons (Fsp3) is 1.00. The lowest BCUT2D eigenvalue weighted by Gasteiger charge is -2.59. The molecule has 1 heterocycles. The summed E-state index contributed by atoms with van der Waals surface area (Å²) in [7, 11) is 1.84. The van der Waals surface area contributed by atoms with Crippen molar-refractivity contribution in [2.45, 2.75) is 57.1 Å². The molecule has 0 aromatic rings. The predicted molar refractivity (Wildman–Crippen MR) is 80.4 cm³/mol. The number of hydrogen-bond donors (Lipinski definition) is 1. The first-order valence-electron chi connectivity index (χ1n) is 8.67. The first-order valence-corrected chi connectivity index (χ1v) is 8.67. The molecule has 2 atom stereocenters. The van der Waals surface area contributed by atoms with Crippen molar-refractivity contribution < 1.29 is 4.74 Å². The molecule has 0 amide bonds. The van der Waals surface area contributed by atoms with Crippen LogP contribution in [0.3, 0.4) is 0 Å². The number of methoxy groups -OCH3 is 1. The van der Waals surface area contributed by atoms with E-state index in [0.717, 1.165) is 30.8 Å². The van der Waals surface area contributed by atoms with Crippen molar-refractivity contribution in [3.8, 4) is 0 Å². The number of rotatable bonds is 4. The van der Waals surface area contributed by atoms with Crippen LogP contribution in [0.5, 0.6) is 0 Å². The second kappa shape index (κ2) is 4.96. The van der Waals surface area contributed by atoms with Gasteiger partial charge in [-0.05, 0) is 68.1 Å². The summed E-state index contributed by atoms with van der Waals surface area (Å²) in [6, 6.07) is 0.395. The van der Waals surface area contributed by atoms with Gasteiger partial charge in [0, 0.05) is 32.8 Å². The van der Waals surface area contributed by atoms with Crippen LogP contribution in [0.4, 0.5) is 0 Å². The van der Waals surface area contributed by atoms with Gasteiger partial charge in [-0.2, -0.15) is 0 Å². The Morgan fingerprint density at radius 3 is 2.25 bits per heavy atom. The van der Waals surface area contributed by atoms with Gasteiger partial charge in [-0.15, -0.1) is 0 Å². The summed E-state index contributed by atoms with van der Waals surface area (Å²) in [6.45, 7) is 3.38. The first-order chi connectivity index (χ1) is 9.67. The van der Waals surface area contributed by atoms with Crippen molar-refractivity contribution in [3.63, 3.8) is 0 Å². The third-order valence-corrected chi connectivity index (χ3v) is 6.89. The van der Waals surface area contributed by atoms with E-state index in [9.17, 15) is 0 Å². The van der Waals surface area contributed by atoms with E-state index < -0.39 is 0 Å². The molecule has 5 aliphatic rings. The van der Waals surface area contributed by atoms with E-state index >= 15 is 0 Å². The summed E-state index contributed by atoms with van der Waals surface area (Å²) < 4.78 is 5.49. The molecule has 2 N–H and O–H groups in total. The van der Waals surface area contributed by atoms with Crippen LogP contribution in [0, 0.1) is 23.2 Å². The van der Waals surface area contributed by atoms with Crippen LogP contribution >= 0.6 is 0 Å². The van der Waals surface area contributed by atoms with E-state index in [1.54, 1.807) is 0 Å². The Balaban J connectivity index is 1.42. The van der Waals surface area contributed by atoms with E-state index in [0.29, 0.717) is 17.6 Å². The van der Waals surface area contributed by atoms with Crippen LogP contribution in [0.1, 0.15) is 44.9 Å². The molecule has 0 spiro atoms. The highest BCUT2D eigenvalue weighted by molar-refractivity contribution is 5.06. The van der Waals surface area contributed by atoms with Gasteiger partial charge in [0.15, 0.2) is 0 Å². The van der Waals surface area contributed by atoms with Gasteiger partial charge in [-0.25, -0.2) is 0 Å². The number of nitrogens with zero attached hydrogens (tertiary/aromatic N) is 1. The van der Waals surface area contributed by atoms with Gasteiger partial charge in [0.25, 0.3) is 0 Å². The summed E-state index contributed by atoms with van der Waals surface area (Å²) in [6.07, 6.45) is 10.5. The second-order valence-corrected chi connectivity index (χ2v) is 8.29. The average Bonchev–Trinajstić information content (AvgIpc) is 2.85. The predicted octanol–water partition coefficient (Wildman–Crippen LogP) is 2.25. The molecule has 1 aliphatic heterocycles. The minimum Gasteiger partial charge on any atom is -0.380 e. The van der Waals surface area contributed by atoms with Crippen molar-refractivity contribution in [2.24, 2.45) is 28.9 Å². The first kappa shape index (κ1) is 13.5. The zero-order valence-corrected chi connectivity index (χ0v) is 12.9. The van der Waals surface area contributed by atoms with Gasteiger partial charge in [-0.3, -0.25) is 4.90 Å². The lowest BCUT2D eigenvalue weighted by molar-refractivity contribution is -0.0710. The highest BCUT2D eigenvalue weighted by Gasteiger charge is 2.53. The third-order valence-electron chi connectivity index (χ3n) is 6.89. The fourth-order valence-electron chi connectivity index (χ4n) is 6.26. The number of ether oxygens (including phenoxy) is 1. The maximum Gasteiger partial charge on any atom is 0.0710 e. The highest BCUT2D eigenvalue weighted by Crippen LogP contribution is 2.61. The standard InChI is InChI=1S/C17H30N2O/c1-20-15-2-3-19(10-15)11-16(18)17-7-12-4-13(8-17)6-14(5-12)9-17/h12-16H,2-11,18H2,1H3. The minimum absolute atomic E-state index is 0.395. The van der Waals surface area contributed by atoms with Crippen molar-refractivity contribution >= 4 is 0 Å². The Morgan fingerprint density at radius 2 is 1.75 bits per heavy atom. The molecule has 1 saturated heterocycles. The Hall–Kier alpha value is -0.120. The fourth-order valence-corrected chi connectivity index (χ4v) is 6.26. The Kier molecular flexibility index (Phi) is 3.36. The Morgan fingerprint density at radius 1 is 1.15 bits per heavy atom. The molecule has 2 unspecified atom stereocenters. The number of nitrogens with two attached hydrogens (primary N) is 1. The van der Waals surface area contributed by atoms with Crippen LogP contribution in [0.15, 0.2) is 0 Å².